The predicted molar refractivity (Wildman–Crippen MR) is 135 cm³/mol. The number of carbonyl (C=O) groups is 1. The van der Waals surface area contributed by atoms with Crippen LogP contribution in [-0.4, -0.2) is 43.7 Å². The number of nitrogens with zero attached hydrogens (tertiary/aromatic N) is 1. The average molecular weight is 436 g/mol. The van der Waals surface area contributed by atoms with Crippen molar-refractivity contribution in [3.05, 3.63) is 70.8 Å². The summed E-state index contributed by atoms with van der Waals surface area (Å²) in [6, 6.07) is 18.6. The fourth-order valence-electron chi connectivity index (χ4n) is 4.47. The molecule has 4 nitrogen and oxygen atoms in total. The summed E-state index contributed by atoms with van der Waals surface area (Å²) in [6.07, 6.45) is 0.909. The van der Waals surface area contributed by atoms with E-state index in [1.807, 2.05) is 0 Å². The van der Waals surface area contributed by atoms with Crippen LogP contribution in [0, 0.1) is 0 Å². The molecule has 2 atom stereocenters. The Bertz CT molecular complexity index is 844. The van der Waals surface area contributed by atoms with Gasteiger partial charge in [-0.15, -0.1) is 0 Å². The number of urea groups is 1. The molecule has 2 N–H and O–H groups in total. The highest BCUT2D eigenvalue weighted by Crippen LogP contribution is 2.35. The summed E-state index contributed by atoms with van der Waals surface area (Å²) < 4.78 is 0. The maximum Gasteiger partial charge on any atom is 0.317 e. The van der Waals surface area contributed by atoms with E-state index in [0.717, 1.165) is 13.0 Å². The Kier molecular flexibility index (Phi) is 7.04. The zero-order valence-electron chi connectivity index (χ0n) is 21.1. The molecule has 1 heterocycles. The molecule has 0 saturated carbocycles. The van der Waals surface area contributed by atoms with Gasteiger partial charge in [-0.05, 0) is 39.5 Å². The van der Waals surface area contributed by atoms with E-state index in [2.05, 4.69) is 101 Å². The van der Waals surface area contributed by atoms with Gasteiger partial charge in [-0.3, -0.25) is 0 Å². The summed E-state index contributed by atoms with van der Waals surface area (Å²) in [6.45, 7) is 14.3. The number of benzene rings is 2. The van der Waals surface area contributed by atoms with Crippen LogP contribution < -0.4 is 10.6 Å². The lowest BCUT2D eigenvalue weighted by Crippen LogP contribution is -2.42. The second kappa shape index (κ2) is 9.27. The van der Waals surface area contributed by atoms with Gasteiger partial charge >= 0.3 is 6.03 Å². The van der Waals surface area contributed by atoms with Crippen LogP contribution in [0.1, 0.15) is 76.1 Å². The van der Waals surface area contributed by atoms with E-state index in [4.69, 9.17) is 0 Å². The summed E-state index contributed by atoms with van der Waals surface area (Å²) in [7, 11) is 3.57. The quantitative estimate of drug-likeness (QED) is 0.674. The molecule has 2 aromatic carbocycles. The number of hydrogen-bond acceptors (Lipinski definition) is 2. The fraction of sp³-hybridized carbons (Fsp3) is 0.536. The minimum Gasteiger partial charge on any atom is -0.334 e. The van der Waals surface area contributed by atoms with Crippen LogP contribution in [0.2, 0.25) is 0 Å². The number of hydrogen-bond donors (Lipinski definition) is 2. The first-order valence-electron chi connectivity index (χ1n) is 11.8. The van der Waals surface area contributed by atoms with Gasteiger partial charge in [0.15, 0.2) is 0 Å². The highest BCUT2D eigenvalue weighted by atomic mass is 16.2. The standard InChI is InChI=1S/C28H41N3O/c1-27(2,3)21-13-9-19(10-14-21)25(20-11-15-22(16-12-20)28(4,5)6)24-17-23(18-29-24)30-26(32)31(7)8/h9-16,23-25,29H,17-18H2,1-8H3,(H,30,32)/t23-,24?/m1/s1. The van der Waals surface area contributed by atoms with E-state index in [9.17, 15) is 4.79 Å². The van der Waals surface area contributed by atoms with Crippen LogP contribution in [0.4, 0.5) is 4.79 Å². The molecule has 1 fully saturated rings. The Hall–Kier alpha value is -2.33. The van der Waals surface area contributed by atoms with Gasteiger partial charge in [-0.1, -0.05) is 90.1 Å². The molecular formula is C28H41N3O. The third kappa shape index (κ3) is 5.72. The van der Waals surface area contributed by atoms with Crippen molar-refractivity contribution >= 4 is 6.03 Å². The van der Waals surface area contributed by atoms with Crippen LogP contribution in [-0.2, 0) is 10.8 Å². The number of nitrogens with one attached hydrogen (secondary N) is 2. The third-order valence-electron chi connectivity index (χ3n) is 6.57. The lowest BCUT2D eigenvalue weighted by atomic mass is 9.80. The molecule has 0 bridgehead atoms. The van der Waals surface area contributed by atoms with E-state index in [-0.39, 0.29) is 34.9 Å². The van der Waals surface area contributed by atoms with Crippen LogP contribution in [0.25, 0.3) is 0 Å². The first kappa shape index (κ1) is 24.3. The molecule has 3 rings (SSSR count). The second-order valence-corrected chi connectivity index (χ2v) is 11.5. The molecular weight excluding hydrogens is 394 g/mol. The summed E-state index contributed by atoms with van der Waals surface area (Å²) >= 11 is 0. The normalized spacial score (nSPS) is 19.3. The lowest BCUT2D eigenvalue weighted by Gasteiger charge is -2.28. The van der Waals surface area contributed by atoms with Crippen molar-refractivity contribution in [3.63, 3.8) is 0 Å². The molecule has 1 unspecified atom stereocenters. The molecule has 174 valence electrons. The fourth-order valence-corrected chi connectivity index (χ4v) is 4.47. The highest BCUT2D eigenvalue weighted by molar-refractivity contribution is 5.73. The zero-order valence-corrected chi connectivity index (χ0v) is 21.1. The molecule has 0 radical (unpaired) electrons. The average Bonchev–Trinajstić information content (AvgIpc) is 3.15. The van der Waals surface area contributed by atoms with E-state index >= 15 is 0 Å². The Morgan fingerprint density at radius 3 is 1.69 bits per heavy atom. The summed E-state index contributed by atoms with van der Waals surface area (Å²) in [5.74, 6) is 0.235. The second-order valence-electron chi connectivity index (χ2n) is 11.5. The Morgan fingerprint density at radius 1 is 0.875 bits per heavy atom. The molecule has 0 spiro atoms. The van der Waals surface area contributed by atoms with Gasteiger partial charge in [0, 0.05) is 38.6 Å². The summed E-state index contributed by atoms with van der Waals surface area (Å²) in [5.41, 5.74) is 5.60. The molecule has 2 aromatic rings. The zero-order chi connectivity index (χ0) is 23.7. The monoisotopic (exact) mass is 435 g/mol. The van der Waals surface area contributed by atoms with Gasteiger partial charge in [0.25, 0.3) is 0 Å². The highest BCUT2D eigenvalue weighted by Gasteiger charge is 2.33. The maximum atomic E-state index is 12.2. The molecule has 32 heavy (non-hydrogen) atoms. The van der Waals surface area contributed by atoms with Gasteiger partial charge in [-0.25, -0.2) is 4.79 Å². The lowest BCUT2D eigenvalue weighted by molar-refractivity contribution is 0.214. The van der Waals surface area contributed by atoms with Crippen LogP contribution in [0.15, 0.2) is 48.5 Å². The van der Waals surface area contributed by atoms with Gasteiger partial charge in [-0.2, -0.15) is 0 Å². The topological polar surface area (TPSA) is 44.4 Å². The van der Waals surface area contributed by atoms with E-state index < -0.39 is 0 Å². The number of amides is 2. The van der Waals surface area contributed by atoms with Crippen molar-refractivity contribution in [1.82, 2.24) is 15.5 Å². The molecule has 1 saturated heterocycles. The predicted octanol–water partition coefficient (Wildman–Crippen LogP) is 5.42. The number of carbonyl (C=O) groups excluding carboxylic acids is 1. The SMILES string of the molecule is CN(C)C(=O)N[C@H]1CNC(C(c2ccc(C(C)(C)C)cc2)c2ccc(C(C)(C)C)cc2)C1. The van der Waals surface area contributed by atoms with E-state index in [0.29, 0.717) is 0 Å². The van der Waals surface area contributed by atoms with Gasteiger partial charge in [0.05, 0.1) is 0 Å². The van der Waals surface area contributed by atoms with Gasteiger partial charge in [0.2, 0.25) is 0 Å². The van der Waals surface area contributed by atoms with Gasteiger partial charge < -0.3 is 15.5 Å². The van der Waals surface area contributed by atoms with Crippen LogP contribution >= 0.6 is 0 Å². The molecule has 1 aliphatic rings. The molecule has 4 heteroatoms. The van der Waals surface area contributed by atoms with Crippen molar-refractivity contribution in [2.75, 3.05) is 20.6 Å². The van der Waals surface area contributed by atoms with Crippen molar-refractivity contribution in [1.29, 1.82) is 0 Å². The molecule has 0 aromatic heterocycles. The molecule has 1 aliphatic heterocycles. The maximum absolute atomic E-state index is 12.2. The van der Waals surface area contributed by atoms with Crippen LogP contribution in [0.3, 0.4) is 0 Å². The smallest absolute Gasteiger partial charge is 0.317 e. The molecule has 2 amide bonds. The third-order valence-corrected chi connectivity index (χ3v) is 6.57. The van der Waals surface area contributed by atoms with Crippen molar-refractivity contribution < 1.29 is 4.79 Å². The minimum atomic E-state index is -0.0296. The Labute approximate surface area is 194 Å². The first-order chi connectivity index (χ1) is 14.9. The van der Waals surface area contributed by atoms with E-state index in [1.165, 1.54) is 22.3 Å². The van der Waals surface area contributed by atoms with E-state index in [1.54, 1.807) is 19.0 Å². The largest absolute Gasteiger partial charge is 0.334 e. The van der Waals surface area contributed by atoms with Crippen molar-refractivity contribution in [3.8, 4) is 0 Å². The Balaban J connectivity index is 1.91. The number of rotatable bonds is 4. The van der Waals surface area contributed by atoms with Gasteiger partial charge in [0.1, 0.15) is 0 Å². The van der Waals surface area contributed by atoms with Crippen LogP contribution in [0.5, 0.6) is 0 Å². The summed E-state index contributed by atoms with van der Waals surface area (Å²) in [4.78, 5) is 13.8. The Morgan fingerprint density at radius 2 is 1.31 bits per heavy atom. The molecule has 0 aliphatic carbocycles. The first-order valence-corrected chi connectivity index (χ1v) is 11.8. The van der Waals surface area contributed by atoms with Crippen molar-refractivity contribution in [2.45, 2.75) is 76.8 Å². The minimum absolute atomic E-state index is 0.0296. The van der Waals surface area contributed by atoms with Crippen molar-refractivity contribution in [2.24, 2.45) is 0 Å². The summed E-state index contributed by atoms with van der Waals surface area (Å²) in [5, 5.41) is 6.85.